The molecule has 0 unspecified atom stereocenters. The number of hydrogen-bond acceptors (Lipinski definition) is 3. The Hall–Kier alpha value is -3.20. The maximum atomic E-state index is 6.20. The van der Waals surface area contributed by atoms with Crippen molar-refractivity contribution in [3.8, 4) is 11.1 Å². The largest absolute Gasteiger partial charge is 0.370 e. The van der Waals surface area contributed by atoms with E-state index in [1.54, 1.807) is 12.7 Å². The zero-order chi connectivity index (χ0) is 21.8. The lowest BCUT2D eigenvalue weighted by Gasteiger charge is -2.11. The second-order valence-corrected chi connectivity index (χ2v) is 8.11. The Morgan fingerprint density at radius 2 is 1.82 bits per heavy atom. The van der Waals surface area contributed by atoms with Crippen LogP contribution in [0.3, 0.4) is 0 Å². The number of rotatable bonds is 6. The summed E-state index contributed by atoms with van der Waals surface area (Å²) in [6, 6.07) is 23.3. The predicted octanol–water partition coefficient (Wildman–Crippen LogP) is 5.03. The molecule has 6 nitrogen and oxygen atoms in total. The van der Waals surface area contributed by atoms with Crippen molar-refractivity contribution in [3.63, 3.8) is 0 Å². The van der Waals surface area contributed by atoms with Gasteiger partial charge in [-0.15, -0.1) is 24.0 Å². The molecule has 0 radical (unpaired) electrons. The Labute approximate surface area is 211 Å². The number of hydrogen-bond donors (Lipinski definition) is 2. The van der Waals surface area contributed by atoms with E-state index in [9.17, 15) is 0 Å². The molecule has 1 aliphatic carbocycles. The second kappa shape index (κ2) is 10.6. The highest BCUT2D eigenvalue weighted by atomic mass is 127. The molecule has 0 saturated heterocycles. The van der Waals surface area contributed by atoms with E-state index < -0.39 is 0 Å². The summed E-state index contributed by atoms with van der Waals surface area (Å²) in [6.07, 6.45) is 6.84. The van der Waals surface area contributed by atoms with E-state index in [2.05, 4.69) is 81.1 Å². The van der Waals surface area contributed by atoms with E-state index in [4.69, 9.17) is 5.73 Å². The molecule has 1 heterocycles. The molecule has 0 spiro atoms. The summed E-state index contributed by atoms with van der Waals surface area (Å²) in [5, 5.41) is 7.41. The molecule has 168 valence electrons. The van der Waals surface area contributed by atoms with Gasteiger partial charge >= 0.3 is 0 Å². The monoisotopic (exact) mass is 550 g/mol. The van der Waals surface area contributed by atoms with Crippen molar-refractivity contribution in [3.05, 3.63) is 102 Å². The fourth-order valence-corrected chi connectivity index (χ4v) is 4.24. The van der Waals surface area contributed by atoms with Crippen LogP contribution in [0.4, 0.5) is 5.69 Å². The highest BCUT2D eigenvalue weighted by Gasteiger charge is 2.11. The van der Waals surface area contributed by atoms with E-state index in [0.717, 1.165) is 28.8 Å². The lowest BCUT2D eigenvalue weighted by atomic mass is 9.98. The van der Waals surface area contributed by atoms with Gasteiger partial charge in [0.05, 0.1) is 13.1 Å². The smallest absolute Gasteiger partial charge is 0.193 e. The van der Waals surface area contributed by atoms with Crippen molar-refractivity contribution in [2.45, 2.75) is 32.4 Å². The van der Waals surface area contributed by atoms with Gasteiger partial charge in [-0.3, -0.25) is 0 Å². The number of nitrogens with zero attached hydrogens (tertiary/aromatic N) is 4. The van der Waals surface area contributed by atoms with Crippen LogP contribution in [0, 0.1) is 0 Å². The summed E-state index contributed by atoms with van der Waals surface area (Å²) in [7, 11) is 0. The number of nitrogens with two attached hydrogens (primary N) is 1. The third kappa shape index (κ3) is 5.60. The number of fused-ring (bicyclic) bond motifs is 1. The van der Waals surface area contributed by atoms with Gasteiger partial charge in [0, 0.05) is 5.69 Å². The SMILES string of the molecule is I.NC(=NCc1ccccc1-c1ccc(Cn2cncn2)cc1)Nc1ccc2c(c1)CCC2. The van der Waals surface area contributed by atoms with E-state index >= 15 is 0 Å². The van der Waals surface area contributed by atoms with Crippen LogP contribution in [-0.2, 0) is 25.9 Å². The molecule has 0 amide bonds. The molecular formula is C26H27IN6. The van der Waals surface area contributed by atoms with Crippen molar-refractivity contribution in [1.82, 2.24) is 14.8 Å². The Morgan fingerprint density at radius 3 is 2.64 bits per heavy atom. The molecule has 3 N–H and O–H groups in total. The molecule has 0 aliphatic heterocycles. The summed E-state index contributed by atoms with van der Waals surface area (Å²) >= 11 is 0. The molecule has 0 fully saturated rings. The second-order valence-electron chi connectivity index (χ2n) is 8.11. The molecule has 3 aromatic carbocycles. The van der Waals surface area contributed by atoms with Gasteiger partial charge in [0.25, 0.3) is 0 Å². The van der Waals surface area contributed by atoms with Crippen molar-refractivity contribution in [2.24, 2.45) is 10.7 Å². The van der Waals surface area contributed by atoms with E-state index in [0.29, 0.717) is 19.0 Å². The first-order valence-electron chi connectivity index (χ1n) is 10.9. The fourth-order valence-electron chi connectivity index (χ4n) is 4.24. The Morgan fingerprint density at radius 1 is 1.00 bits per heavy atom. The first-order valence-corrected chi connectivity index (χ1v) is 10.9. The van der Waals surface area contributed by atoms with Crippen LogP contribution in [0.1, 0.15) is 28.7 Å². The molecule has 1 aliphatic rings. The van der Waals surface area contributed by atoms with Crippen LogP contribution < -0.4 is 11.1 Å². The maximum absolute atomic E-state index is 6.20. The molecule has 1 aromatic heterocycles. The fraction of sp³-hybridized carbons (Fsp3) is 0.192. The first-order chi connectivity index (χ1) is 15.7. The van der Waals surface area contributed by atoms with Gasteiger partial charge in [0.2, 0.25) is 0 Å². The van der Waals surface area contributed by atoms with Crippen LogP contribution >= 0.6 is 24.0 Å². The number of benzene rings is 3. The molecular weight excluding hydrogens is 523 g/mol. The summed E-state index contributed by atoms with van der Waals surface area (Å²) < 4.78 is 1.81. The highest BCUT2D eigenvalue weighted by Crippen LogP contribution is 2.26. The summed E-state index contributed by atoms with van der Waals surface area (Å²) in [5.74, 6) is 0.431. The van der Waals surface area contributed by atoms with Gasteiger partial charge in [-0.1, -0.05) is 54.6 Å². The average Bonchev–Trinajstić information content (AvgIpc) is 3.50. The topological polar surface area (TPSA) is 81.1 Å². The molecule has 4 aromatic rings. The van der Waals surface area contributed by atoms with Gasteiger partial charge in [-0.05, 0) is 64.8 Å². The minimum Gasteiger partial charge on any atom is -0.370 e. The number of guanidine groups is 1. The van der Waals surface area contributed by atoms with Crippen LogP contribution in [0.25, 0.3) is 11.1 Å². The molecule has 33 heavy (non-hydrogen) atoms. The van der Waals surface area contributed by atoms with Crippen molar-refractivity contribution in [2.75, 3.05) is 5.32 Å². The number of aromatic nitrogens is 3. The summed E-state index contributed by atoms with van der Waals surface area (Å²) in [4.78, 5) is 8.60. The van der Waals surface area contributed by atoms with Gasteiger partial charge in [0.15, 0.2) is 5.96 Å². The van der Waals surface area contributed by atoms with Crippen molar-refractivity contribution < 1.29 is 0 Å². The van der Waals surface area contributed by atoms with E-state index in [1.807, 2.05) is 10.7 Å². The van der Waals surface area contributed by atoms with Crippen molar-refractivity contribution >= 4 is 35.6 Å². The van der Waals surface area contributed by atoms with Crippen LogP contribution in [0.15, 0.2) is 84.4 Å². The minimum atomic E-state index is 0. The number of nitrogens with one attached hydrogen (secondary N) is 1. The quantitative estimate of drug-likeness (QED) is 0.201. The minimum absolute atomic E-state index is 0. The van der Waals surface area contributed by atoms with E-state index in [-0.39, 0.29) is 24.0 Å². The predicted molar refractivity (Wildman–Crippen MR) is 144 cm³/mol. The zero-order valence-electron chi connectivity index (χ0n) is 18.3. The van der Waals surface area contributed by atoms with Gasteiger partial charge < -0.3 is 11.1 Å². The normalized spacial score (nSPS) is 12.8. The number of aliphatic imine (C=N–C) groups is 1. The van der Waals surface area contributed by atoms with Gasteiger partial charge in [-0.25, -0.2) is 14.7 Å². The van der Waals surface area contributed by atoms with Crippen LogP contribution in [0.2, 0.25) is 0 Å². The Balaban J connectivity index is 0.00000259. The third-order valence-electron chi connectivity index (χ3n) is 5.88. The maximum Gasteiger partial charge on any atom is 0.193 e. The molecule has 0 atom stereocenters. The molecule has 0 bridgehead atoms. The average molecular weight is 550 g/mol. The van der Waals surface area contributed by atoms with Crippen LogP contribution in [-0.4, -0.2) is 20.7 Å². The summed E-state index contributed by atoms with van der Waals surface area (Å²) in [6.45, 7) is 1.22. The highest BCUT2D eigenvalue weighted by molar-refractivity contribution is 14.0. The number of halogens is 1. The van der Waals surface area contributed by atoms with Crippen molar-refractivity contribution in [1.29, 1.82) is 0 Å². The summed E-state index contributed by atoms with van der Waals surface area (Å²) in [5.41, 5.74) is 14.7. The third-order valence-corrected chi connectivity index (χ3v) is 5.88. The molecule has 0 saturated carbocycles. The molecule has 7 heteroatoms. The Bertz CT molecular complexity index is 1230. The van der Waals surface area contributed by atoms with Gasteiger partial charge in [-0.2, -0.15) is 5.10 Å². The van der Waals surface area contributed by atoms with Gasteiger partial charge in [0.1, 0.15) is 12.7 Å². The zero-order valence-corrected chi connectivity index (χ0v) is 20.6. The first kappa shape index (κ1) is 23.0. The lowest BCUT2D eigenvalue weighted by Crippen LogP contribution is -2.22. The van der Waals surface area contributed by atoms with E-state index in [1.165, 1.54) is 29.5 Å². The standard InChI is InChI=1S/C26H26N6.HI/c27-26(31-24-13-12-20-5-3-6-22(20)14-24)29-15-23-4-1-2-7-25(23)21-10-8-19(9-11-21)16-32-18-28-17-30-32;/h1-2,4,7-14,17-18H,3,5-6,15-16H2,(H3,27,29,31);1H. The molecule has 5 rings (SSSR count). The lowest BCUT2D eigenvalue weighted by molar-refractivity contribution is 0.685. The number of aryl methyl sites for hydroxylation is 2. The van der Waals surface area contributed by atoms with Crippen LogP contribution in [0.5, 0.6) is 0 Å². The number of anilines is 1. The Kier molecular flexibility index (Phi) is 7.39.